The number of nitrogens with zero attached hydrogens (tertiary/aromatic N) is 1. The predicted molar refractivity (Wildman–Crippen MR) is 44.9 cm³/mol. The molecular weight excluding hydrogens is 190 g/mol. The molecule has 10 heavy (non-hydrogen) atoms. The first-order valence-corrected chi connectivity index (χ1v) is 4.78. The molecule has 0 bridgehead atoms. The largest absolute Gasteiger partial charge is 0.198 e. The Labute approximate surface area is 70.5 Å². The van der Waals surface area contributed by atoms with Crippen molar-refractivity contribution in [2.75, 3.05) is 0 Å². The van der Waals surface area contributed by atoms with Crippen molar-refractivity contribution < 1.29 is 0 Å². The van der Waals surface area contributed by atoms with Crippen molar-refractivity contribution in [3.63, 3.8) is 0 Å². The molecule has 0 saturated heterocycles. The highest BCUT2D eigenvalue weighted by Gasteiger charge is 2.16. The number of alkyl halides is 1. The quantitative estimate of drug-likeness (QED) is 0.437. The number of hydrogen-bond donors (Lipinski definition) is 0. The van der Waals surface area contributed by atoms with Crippen molar-refractivity contribution >= 4 is 15.9 Å². The second-order valence-electron chi connectivity index (χ2n) is 2.94. The van der Waals surface area contributed by atoms with Crippen molar-refractivity contribution in [2.45, 2.75) is 36.9 Å². The van der Waals surface area contributed by atoms with E-state index in [1.807, 2.05) is 0 Å². The summed E-state index contributed by atoms with van der Waals surface area (Å²) in [5, 5.41) is 8.66. The van der Waals surface area contributed by atoms with Crippen molar-refractivity contribution in [1.82, 2.24) is 0 Å². The molecule has 0 aromatic carbocycles. The minimum absolute atomic E-state index is 0.312. The van der Waals surface area contributed by atoms with Crippen LogP contribution >= 0.6 is 15.9 Å². The molecule has 0 aliphatic heterocycles. The second kappa shape index (κ2) is 3.98. The Morgan fingerprint density at radius 1 is 1.30 bits per heavy atom. The lowest BCUT2D eigenvalue weighted by molar-refractivity contribution is 0.578. The summed E-state index contributed by atoms with van der Waals surface area (Å²) in [5.41, 5.74) is 0. The smallest absolute Gasteiger partial charge is 0.0656 e. The maximum atomic E-state index is 8.66. The molecule has 0 amide bonds. The van der Waals surface area contributed by atoms with E-state index >= 15 is 0 Å². The Morgan fingerprint density at radius 2 is 2.00 bits per heavy atom. The Balaban J connectivity index is 2.39. The zero-order valence-electron chi connectivity index (χ0n) is 6.02. The molecule has 2 unspecified atom stereocenters. The summed E-state index contributed by atoms with van der Waals surface area (Å²) < 4.78 is 0. The summed E-state index contributed by atoms with van der Waals surface area (Å²) >= 11 is 3.57. The predicted octanol–water partition coefficient (Wildman–Crippen LogP) is 2.85. The van der Waals surface area contributed by atoms with Crippen LogP contribution in [0.3, 0.4) is 0 Å². The average molecular weight is 202 g/mol. The molecule has 0 spiro atoms. The first kappa shape index (κ1) is 8.07. The Kier molecular flexibility index (Phi) is 3.21. The lowest BCUT2D eigenvalue weighted by Crippen LogP contribution is -2.01. The SMILES string of the molecule is N#CC1CCCCC(Br)C1. The minimum atomic E-state index is 0.312. The summed E-state index contributed by atoms with van der Waals surface area (Å²) in [6.45, 7) is 0. The fourth-order valence-corrected chi connectivity index (χ4v) is 2.19. The van der Waals surface area contributed by atoms with Crippen LogP contribution in [0.4, 0.5) is 0 Å². The van der Waals surface area contributed by atoms with Crippen LogP contribution < -0.4 is 0 Å². The summed E-state index contributed by atoms with van der Waals surface area (Å²) in [5.74, 6) is 0.312. The van der Waals surface area contributed by atoms with Crippen LogP contribution in [0, 0.1) is 17.2 Å². The molecule has 2 heteroatoms. The Morgan fingerprint density at radius 3 is 2.70 bits per heavy atom. The zero-order chi connectivity index (χ0) is 7.40. The molecule has 0 radical (unpaired) electrons. The van der Waals surface area contributed by atoms with E-state index in [4.69, 9.17) is 5.26 Å². The summed E-state index contributed by atoms with van der Waals surface area (Å²) in [6, 6.07) is 2.34. The normalized spacial score (nSPS) is 34.4. The molecular formula is C8H12BrN. The summed E-state index contributed by atoms with van der Waals surface area (Å²) in [6.07, 6.45) is 5.93. The first-order chi connectivity index (χ1) is 4.83. The maximum Gasteiger partial charge on any atom is 0.0656 e. The molecule has 1 aliphatic rings. The molecule has 56 valence electrons. The third kappa shape index (κ3) is 2.30. The van der Waals surface area contributed by atoms with Crippen molar-refractivity contribution in [3.05, 3.63) is 0 Å². The van der Waals surface area contributed by atoms with Gasteiger partial charge in [-0.25, -0.2) is 0 Å². The van der Waals surface area contributed by atoms with Gasteiger partial charge in [-0.1, -0.05) is 28.8 Å². The van der Waals surface area contributed by atoms with Gasteiger partial charge in [-0.3, -0.25) is 0 Å². The zero-order valence-corrected chi connectivity index (χ0v) is 7.60. The van der Waals surface area contributed by atoms with E-state index in [0.29, 0.717) is 10.7 Å². The van der Waals surface area contributed by atoms with Crippen LogP contribution in [0.15, 0.2) is 0 Å². The van der Waals surface area contributed by atoms with Crippen molar-refractivity contribution in [1.29, 1.82) is 5.26 Å². The topological polar surface area (TPSA) is 23.8 Å². The monoisotopic (exact) mass is 201 g/mol. The van der Waals surface area contributed by atoms with Crippen LogP contribution in [0.2, 0.25) is 0 Å². The molecule has 0 N–H and O–H groups in total. The van der Waals surface area contributed by atoms with E-state index in [1.165, 1.54) is 19.3 Å². The molecule has 1 nitrogen and oxygen atoms in total. The van der Waals surface area contributed by atoms with E-state index in [2.05, 4.69) is 22.0 Å². The fourth-order valence-electron chi connectivity index (χ4n) is 1.42. The third-order valence-electron chi connectivity index (χ3n) is 2.04. The Hall–Kier alpha value is -0.0300. The van der Waals surface area contributed by atoms with Gasteiger partial charge in [-0.15, -0.1) is 0 Å². The van der Waals surface area contributed by atoms with Gasteiger partial charge < -0.3 is 0 Å². The van der Waals surface area contributed by atoms with E-state index in [0.717, 1.165) is 12.8 Å². The molecule has 2 atom stereocenters. The lowest BCUT2D eigenvalue weighted by atomic mass is 10.0. The average Bonchev–Trinajstić information content (AvgIpc) is 2.13. The van der Waals surface area contributed by atoms with Crippen LogP contribution in [0.5, 0.6) is 0 Å². The van der Waals surface area contributed by atoms with Gasteiger partial charge >= 0.3 is 0 Å². The fraction of sp³-hybridized carbons (Fsp3) is 0.875. The van der Waals surface area contributed by atoms with Crippen LogP contribution in [0.25, 0.3) is 0 Å². The molecule has 1 aliphatic carbocycles. The van der Waals surface area contributed by atoms with E-state index in [9.17, 15) is 0 Å². The summed E-state index contributed by atoms with van der Waals surface area (Å²) in [4.78, 5) is 0.597. The highest BCUT2D eigenvalue weighted by molar-refractivity contribution is 9.09. The van der Waals surface area contributed by atoms with Gasteiger partial charge in [0.15, 0.2) is 0 Å². The molecule has 1 fully saturated rings. The molecule has 1 rings (SSSR count). The highest BCUT2D eigenvalue weighted by atomic mass is 79.9. The van der Waals surface area contributed by atoms with Crippen LogP contribution in [-0.4, -0.2) is 4.83 Å². The number of hydrogen-bond acceptors (Lipinski definition) is 1. The maximum absolute atomic E-state index is 8.66. The molecule has 0 aromatic heterocycles. The van der Waals surface area contributed by atoms with E-state index in [1.54, 1.807) is 0 Å². The standard InChI is InChI=1S/C8H12BrN/c9-8-4-2-1-3-7(5-8)6-10/h7-8H,1-5H2. The van der Waals surface area contributed by atoms with Gasteiger partial charge in [-0.2, -0.15) is 5.26 Å². The molecule has 0 heterocycles. The van der Waals surface area contributed by atoms with E-state index in [-0.39, 0.29) is 0 Å². The number of halogens is 1. The van der Waals surface area contributed by atoms with Gasteiger partial charge in [0, 0.05) is 10.7 Å². The van der Waals surface area contributed by atoms with Gasteiger partial charge in [0.1, 0.15) is 0 Å². The number of rotatable bonds is 0. The van der Waals surface area contributed by atoms with Gasteiger partial charge in [0.25, 0.3) is 0 Å². The van der Waals surface area contributed by atoms with Gasteiger partial charge in [-0.05, 0) is 19.3 Å². The highest BCUT2D eigenvalue weighted by Crippen LogP contribution is 2.26. The van der Waals surface area contributed by atoms with Crippen LogP contribution in [0.1, 0.15) is 32.1 Å². The lowest BCUT2D eigenvalue weighted by Gasteiger charge is -2.06. The van der Waals surface area contributed by atoms with Crippen molar-refractivity contribution in [3.8, 4) is 6.07 Å². The second-order valence-corrected chi connectivity index (χ2v) is 4.24. The minimum Gasteiger partial charge on any atom is -0.198 e. The first-order valence-electron chi connectivity index (χ1n) is 3.86. The van der Waals surface area contributed by atoms with Gasteiger partial charge in [0.05, 0.1) is 6.07 Å². The number of nitriles is 1. The third-order valence-corrected chi connectivity index (χ3v) is 2.87. The van der Waals surface area contributed by atoms with Gasteiger partial charge in [0.2, 0.25) is 0 Å². The van der Waals surface area contributed by atoms with E-state index < -0.39 is 0 Å². The molecule has 0 aromatic rings. The van der Waals surface area contributed by atoms with Crippen molar-refractivity contribution in [2.24, 2.45) is 5.92 Å². The Bertz CT molecular complexity index is 139. The molecule has 1 saturated carbocycles. The van der Waals surface area contributed by atoms with Crippen LogP contribution in [-0.2, 0) is 0 Å². The summed E-state index contributed by atoms with van der Waals surface area (Å²) in [7, 11) is 0.